The molecule has 0 saturated carbocycles. The molecule has 1 rings (SSSR count). The zero-order valence-electron chi connectivity index (χ0n) is 15.2. The summed E-state index contributed by atoms with van der Waals surface area (Å²) >= 11 is 0. The molecule has 0 aliphatic heterocycles. The van der Waals surface area contributed by atoms with Gasteiger partial charge in [0.05, 0.1) is 31.3 Å². The molecule has 0 heterocycles. The topological polar surface area (TPSA) is 44.8 Å². The van der Waals surface area contributed by atoms with Gasteiger partial charge >= 0.3 is 5.97 Å². The van der Waals surface area contributed by atoms with E-state index in [-0.39, 0.29) is 18.0 Å². The zero-order valence-corrected chi connectivity index (χ0v) is 15.2. The maximum atomic E-state index is 11.7. The van der Waals surface area contributed by atoms with Crippen molar-refractivity contribution >= 4 is 5.97 Å². The van der Waals surface area contributed by atoms with Crippen molar-refractivity contribution in [3.05, 3.63) is 35.4 Å². The van der Waals surface area contributed by atoms with Gasteiger partial charge in [-0.15, -0.1) is 0 Å². The van der Waals surface area contributed by atoms with Crippen LogP contribution in [-0.2, 0) is 25.6 Å². The highest BCUT2D eigenvalue weighted by Gasteiger charge is 2.23. The largest absolute Gasteiger partial charge is 0.465 e. The van der Waals surface area contributed by atoms with Crippen LogP contribution in [0.5, 0.6) is 0 Å². The molecular weight excluding hydrogens is 292 g/mol. The predicted molar refractivity (Wildman–Crippen MR) is 91.1 cm³/mol. The summed E-state index contributed by atoms with van der Waals surface area (Å²) in [5.74, 6) is 0.00119. The molecule has 0 fully saturated rings. The summed E-state index contributed by atoms with van der Waals surface area (Å²) in [6.07, 6.45) is 0.0995. The molecule has 23 heavy (non-hydrogen) atoms. The Morgan fingerprint density at radius 2 is 1.70 bits per heavy atom. The molecule has 0 N–H and O–H groups in total. The Morgan fingerprint density at radius 3 is 2.22 bits per heavy atom. The van der Waals surface area contributed by atoms with E-state index < -0.39 is 5.41 Å². The van der Waals surface area contributed by atoms with Crippen LogP contribution in [0.1, 0.15) is 51.8 Å². The quantitative estimate of drug-likeness (QED) is 0.675. The highest BCUT2D eigenvalue weighted by atomic mass is 16.5. The van der Waals surface area contributed by atoms with E-state index in [9.17, 15) is 4.79 Å². The molecule has 2 unspecified atom stereocenters. The summed E-state index contributed by atoms with van der Waals surface area (Å²) in [6.45, 7) is 11.1. The lowest BCUT2D eigenvalue weighted by Crippen LogP contribution is -2.26. The first kappa shape index (κ1) is 19.7. The van der Waals surface area contributed by atoms with Gasteiger partial charge in [0.15, 0.2) is 0 Å². The van der Waals surface area contributed by atoms with Crippen molar-refractivity contribution < 1.29 is 19.0 Å². The molecule has 1 aromatic carbocycles. The molecule has 0 saturated heterocycles. The maximum absolute atomic E-state index is 11.7. The zero-order chi connectivity index (χ0) is 17.5. The number of carbonyl (C=O) groups excluding carboxylic acids is 1. The van der Waals surface area contributed by atoms with Crippen molar-refractivity contribution in [2.45, 2.75) is 47.3 Å². The number of ether oxygens (including phenoxy) is 3. The van der Waals surface area contributed by atoms with Crippen molar-refractivity contribution in [2.75, 3.05) is 20.3 Å². The van der Waals surface area contributed by atoms with Crippen LogP contribution in [0, 0.1) is 11.3 Å². The van der Waals surface area contributed by atoms with Crippen LogP contribution >= 0.6 is 0 Å². The average molecular weight is 322 g/mol. The first-order valence-electron chi connectivity index (χ1n) is 8.10. The summed E-state index contributed by atoms with van der Waals surface area (Å²) in [4.78, 5) is 11.7. The lowest BCUT2D eigenvalue weighted by atomic mass is 9.97. The lowest BCUT2D eigenvalue weighted by Gasteiger charge is -2.19. The molecule has 4 heteroatoms. The van der Waals surface area contributed by atoms with Crippen LogP contribution in [0.4, 0.5) is 0 Å². The van der Waals surface area contributed by atoms with Gasteiger partial charge in [-0.1, -0.05) is 31.2 Å². The van der Waals surface area contributed by atoms with Gasteiger partial charge in [0, 0.05) is 13.0 Å². The van der Waals surface area contributed by atoms with Crippen molar-refractivity contribution in [1.29, 1.82) is 0 Å². The standard InChI is InChI=1S/C19H30O4/c1-14(12-23-18(20)19(3,4)5)11-22-13-16-7-9-17(10-8-16)15(2)21-6/h7-10,14-15H,11-13H2,1-6H3. The van der Waals surface area contributed by atoms with Gasteiger partial charge in [0.1, 0.15) is 0 Å². The second-order valence-electron chi connectivity index (χ2n) is 7.09. The van der Waals surface area contributed by atoms with Gasteiger partial charge < -0.3 is 14.2 Å². The van der Waals surface area contributed by atoms with E-state index in [4.69, 9.17) is 14.2 Å². The third-order valence-electron chi connectivity index (χ3n) is 3.59. The summed E-state index contributed by atoms with van der Waals surface area (Å²) < 4.78 is 16.3. The minimum atomic E-state index is -0.457. The van der Waals surface area contributed by atoms with Crippen molar-refractivity contribution in [3.63, 3.8) is 0 Å². The maximum Gasteiger partial charge on any atom is 0.311 e. The Morgan fingerprint density at radius 1 is 1.09 bits per heavy atom. The van der Waals surface area contributed by atoms with E-state index in [2.05, 4.69) is 24.3 Å². The Bertz CT molecular complexity index is 473. The number of carbonyl (C=O) groups is 1. The van der Waals surface area contributed by atoms with E-state index in [0.717, 1.165) is 11.1 Å². The molecule has 0 aliphatic rings. The Hall–Kier alpha value is -1.39. The van der Waals surface area contributed by atoms with E-state index in [0.29, 0.717) is 19.8 Å². The second-order valence-corrected chi connectivity index (χ2v) is 7.09. The van der Waals surface area contributed by atoms with Crippen LogP contribution in [-0.4, -0.2) is 26.3 Å². The average Bonchev–Trinajstić information content (AvgIpc) is 2.51. The van der Waals surface area contributed by atoms with Crippen LogP contribution in [0.3, 0.4) is 0 Å². The Kier molecular flexibility index (Phi) is 7.73. The molecule has 0 bridgehead atoms. The fourth-order valence-electron chi connectivity index (χ4n) is 1.88. The summed E-state index contributed by atoms with van der Waals surface area (Å²) in [6, 6.07) is 8.22. The monoisotopic (exact) mass is 322 g/mol. The summed E-state index contributed by atoms with van der Waals surface area (Å²) in [5.41, 5.74) is 1.82. The van der Waals surface area contributed by atoms with Crippen molar-refractivity contribution in [1.82, 2.24) is 0 Å². The van der Waals surface area contributed by atoms with Gasteiger partial charge in [-0.25, -0.2) is 0 Å². The Balaban J connectivity index is 2.29. The molecule has 2 atom stereocenters. The van der Waals surface area contributed by atoms with Gasteiger partial charge in [-0.05, 0) is 38.8 Å². The van der Waals surface area contributed by atoms with Crippen LogP contribution in [0.15, 0.2) is 24.3 Å². The number of esters is 1. The SMILES string of the molecule is COC(C)c1ccc(COCC(C)COC(=O)C(C)(C)C)cc1. The molecule has 1 aromatic rings. The van der Waals surface area contributed by atoms with Gasteiger partial charge in [0.25, 0.3) is 0 Å². The van der Waals surface area contributed by atoms with E-state index in [1.165, 1.54) is 0 Å². The lowest BCUT2D eigenvalue weighted by molar-refractivity contribution is -0.154. The van der Waals surface area contributed by atoms with Gasteiger partial charge in [-0.3, -0.25) is 4.79 Å². The highest BCUT2D eigenvalue weighted by molar-refractivity contribution is 5.75. The third-order valence-corrected chi connectivity index (χ3v) is 3.59. The highest BCUT2D eigenvalue weighted by Crippen LogP contribution is 2.17. The molecule has 0 radical (unpaired) electrons. The predicted octanol–water partition coefficient (Wildman–Crippen LogP) is 4.14. The smallest absolute Gasteiger partial charge is 0.311 e. The van der Waals surface area contributed by atoms with Crippen LogP contribution in [0.25, 0.3) is 0 Å². The molecule has 4 nitrogen and oxygen atoms in total. The molecule has 0 aliphatic carbocycles. The molecule has 0 aromatic heterocycles. The summed E-state index contributed by atoms with van der Waals surface area (Å²) in [7, 11) is 1.70. The minimum Gasteiger partial charge on any atom is -0.465 e. The number of hydrogen-bond acceptors (Lipinski definition) is 4. The fraction of sp³-hybridized carbons (Fsp3) is 0.632. The van der Waals surface area contributed by atoms with E-state index >= 15 is 0 Å². The van der Waals surface area contributed by atoms with Gasteiger partial charge in [-0.2, -0.15) is 0 Å². The molecule has 130 valence electrons. The summed E-state index contributed by atoms with van der Waals surface area (Å²) in [5, 5.41) is 0. The number of benzene rings is 1. The van der Waals surface area contributed by atoms with Crippen LogP contribution in [0.2, 0.25) is 0 Å². The molecule has 0 amide bonds. The van der Waals surface area contributed by atoms with Crippen molar-refractivity contribution in [3.8, 4) is 0 Å². The first-order valence-corrected chi connectivity index (χ1v) is 8.10. The first-order chi connectivity index (χ1) is 10.7. The van der Waals surface area contributed by atoms with Crippen LogP contribution < -0.4 is 0 Å². The number of methoxy groups -OCH3 is 1. The fourth-order valence-corrected chi connectivity index (χ4v) is 1.88. The molecular formula is C19H30O4. The van der Waals surface area contributed by atoms with E-state index in [1.807, 2.05) is 34.6 Å². The third kappa shape index (κ3) is 7.14. The normalized spacial score (nSPS) is 14.3. The van der Waals surface area contributed by atoms with Gasteiger partial charge in [0.2, 0.25) is 0 Å². The van der Waals surface area contributed by atoms with E-state index in [1.54, 1.807) is 7.11 Å². The second kappa shape index (κ2) is 9.04. The van der Waals surface area contributed by atoms with Crippen molar-refractivity contribution in [2.24, 2.45) is 11.3 Å². The molecule has 0 spiro atoms. The number of rotatable bonds is 8. The minimum absolute atomic E-state index is 0.0995. The Labute approximate surface area is 140 Å². The number of hydrogen-bond donors (Lipinski definition) is 0.